The van der Waals surface area contributed by atoms with E-state index >= 15 is 0 Å². The average molecular weight is 356 g/mol. The molecule has 0 spiro atoms. The van der Waals surface area contributed by atoms with E-state index in [2.05, 4.69) is 48.9 Å². The van der Waals surface area contributed by atoms with Gasteiger partial charge in [-0.05, 0) is 48.3 Å². The lowest BCUT2D eigenvalue weighted by molar-refractivity contribution is 0.0711. The lowest BCUT2D eigenvalue weighted by Gasteiger charge is -2.45. The van der Waals surface area contributed by atoms with Crippen molar-refractivity contribution in [2.75, 3.05) is 0 Å². The number of rotatable bonds is 2. The molecule has 2 nitrogen and oxygen atoms in total. The quantitative estimate of drug-likeness (QED) is 0.800. The zero-order valence-electron chi connectivity index (χ0n) is 13.1. The van der Waals surface area contributed by atoms with Crippen molar-refractivity contribution < 1.29 is 9.18 Å². The van der Waals surface area contributed by atoms with E-state index in [0.717, 1.165) is 19.3 Å². The maximum absolute atomic E-state index is 13.8. The number of hydrogen-bond donors (Lipinski definition) is 1. The van der Waals surface area contributed by atoms with Crippen molar-refractivity contribution in [3.05, 3.63) is 34.1 Å². The Morgan fingerprint density at radius 3 is 2.38 bits per heavy atom. The van der Waals surface area contributed by atoms with Crippen LogP contribution in [0.2, 0.25) is 0 Å². The number of carbonyl (C=O) groups excluding carboxylic acids is 1. The van der Waals surface area contributed by atoms with E-state index in [1.165, 1.54) is 12.1 Å². The largest absolute Gasteiger partial charge is 0.349 e. The molecule has 0 heterocycles. The van der Waals surface area contributed by atoms with E-state index in [1.807, 2.05) is 0 Å². The van der Waals surface area contributed by atoms with Crippen molar-refractivity contribution in [2.45, 2.75) is 53.0 Å². The highest BCUT2D eigenvalue weighted by Crippen LogP contribution is 2.45. The number of halogens is 2. The number of benzene rings is 1. The van der Waals surface area contributed by atoms with Gasteiger partial charge in [0.05, 0.1) is 5.56 Å². The van der Waals surface area contributed by atoms with Crippen LogP contribution in [-0.2, 0) is 0 Å². The first-order valence-corrected chi connectivity index (χ1v) is 8.13. The molecule has 0 saturated heterocycles. The van der Waals surface area contributed by atoms with E-state index < -0.39 is 5.82 Å². The second-order valence-electron chi connectivity index (χ2n) is 7.71. The van der Waals surface area contributed by atoms with Gasteiger partial charge in [0, 0.05) is 10.5 Å². The summed E-state index contributed by atoms with van der Waals surface area (Å²) < 4.78 is 14.5. The van der Waals surface area contributed by atoms with E-state index in [0.29, 0.717) is 4.47 Å². The van der Waals surface area contributed by atoms with Crippen molar-refractivity contribution >= 4 is 21.8 Å². The molecule has 1 fully saturated rings. The molecule has 0 atom stereocenters. The molecule has 1 N–H and O–H groups in total. The number of carbonyl (C=O) groups is 1. The Hall–Kier alpha value is -0.900. The lowest BCUT2D eigenvalue weighted by Crippen LogP contribution is -2.46. The van der Waals surface area contributed by atoms with Gasteiger partial charge in [-0.15, -0.1) is 0 Å². The van der Waals surface area contributed by atoms with E-state index in [4.69, 9.17) is 0 Å². The van der Waals surface area contributed by atoms with Crippen LogP contribution in [0.5, 0.6) is 0 Å². The minimum Gasteiger partial charge on any atom is -0.349 e. The van der Waals surface area contributed by atoms with Crippen molar-refractivity contribution in [1.29, 1.82) is 0 Å². The Kier molecular flexibility index (Phi) is 4.48. The first kappa shape index (κ1) is 16.5. The van der Waals surface area contributed by atoms with Crippen molar-refractivity contribution in [3.63, 3.8) is 0 Å². The second kappa shape index (κ2) is 5.71. The summed E-state index contributed by atoms with van der Waals surface area (Å²) in [5, 5.41) is 3.01. The zero-order valence-corrected chi connectivity index (χ0v) is 14.7. The molecule has 2 rings (SSSR count). The van der Waals surface area contributed by atoms with Crippen LogP contribution in [0.15, 0.2) is 22.7 Å². The summed E-state index contributed by atoms with van der Waals surface area (Å²) in [6.07, 6.45) is 2.99. The lowest BCUT2D eigenvalue weighted by atomic mass is 9.63. The molecule has 0 radical (unpaired) electrons. The van der Waals surface area contributed by atoms with Gasteiger partial charge >= 0.3 is 0 Å². The van der Waals surface area contributed by atoms with Gasteiger partial charge in [-0.1, -0.05) is 43.6 Å². The molecular formula is C17H23BrFNO. The molecule has 21 heavy (non-hydrogen) atoms. The van der Waals surface area contributed by atoms with Crippen LogP contribution in [0.1, 0.15) is 57.3 Å². The summed E-state index contributed by atoms with van der Waals surface area (Å²) in [6.45, 7) is 8.92. The highest BCUT2D eigenvalue weighted by Gasteiger charge is 2.39. The smallest absolute Gasteiger partial charge is 0.254 e. The number of amides is 1. The van der Waals surface area contributed by atoms with Gasteiger partial charge in [0.2, 0.25) is 0 Å². The van der Waals surface area contributed by atoms with Gasteiger partial charge in [-0.25, -0.2) is 4.39 Å². The molecule has 1 amide bonds. The van der Waals surface area contributed by atoms with Gasteiger partial charge in [0.25, 0.3) is 5.91 Å². The van der Waals surface area contributed by atoms with Crippen LogP contribution in [0, 0.1) is 16.6 Å². The van der Waals surface area contributed by atoms with Crippen molar-refractivity contribution in [2.24, 2.45) is 10.8 Å². The zero-order chi connectivity index (χ0) is 15.8. The summed E-state index contributed by atoms with van der Waals surface area (Å²) >= 11 is 3.28. The van der Waals surface area contributed by atoms with Crippen LogP contribution < -0.4 is 5.32 Å². The number of nitrogens with one attached hydrogen (secondary N) is 1. The summed E-state index contributed by atoms with van der Waals surface area (Å²) in [5.41, 5.74) is 0.482. The molecule has 1 aromatic rings. The summed E-state index contributed by atoms with van der Waals surface area (Å²) in [5.74, 6) is -0.808. The van der Waals surface area contributed by atoms with Gasteiger partial charge in [-0.3, -0.25) is 4.79 Å². The maximum Gasteiger partial charge on any atom is 0.254 e. The molecule has 116 valence electrons. The normalized spacial score (nSPS) is 21.0. The highest BCUT2D eigenvalue weighted by molar-refractivity contribution is 9.10. The third-order valence-corrected chi connectivity index (χ3v) is 4.56. The Morgan fingerprint density at radius 1 is 1.24 bits per heavy atom. The monoisotopic (exact) mass is 355 g/mol. The Balaban J connectivity index is 2.14. The van der Waals surface area contributed by atoms with Gasteiger partial charge in [0.15, 0.2) is 0 Å². The average Bonchev–Trinajstić information content (AvgIpc) is 2.27. The molecule has 1 aliphatic carbocycles. The fourth-order valence-corrected chi connectivity index (χ4v) is 4.24. The molecule has 0 unspecified atom stereocenters. The van der Waals surface area contributed by atoms with Crippen LogP contribution in [0.25, 0.3) is 0 Å². The molecule has 4 heteroatoms. The highest BCUT2D eigenvalue weighted by atomic mass is 79.9. The minimum atomic E-state index is -0.481. The van der Waals surface area contributed by atoms with E-state index in [1.54, 1.807) is 6.07 Å². The van der Waals surface area contributed by atoms with Gasteiger partial charge in [0.1, 0.15) is 5.82 Å². The first-order valence-electron chi connectivity index (χ1n) is 7.34. The number of hydrogen-bond acceptors (Lipinski definition) is 1. The molecule has 0 aromatic heterocycles. The third kappa shape index (κ3) is 4.29. The third-order valence-electron chi connectivity index (χ3n) is 4.06. The van der Waals surface area contributed by atoms with Gasteiger partial charge < -0.3 is 5.32 Å². The summed E-state index contributed by atoms with van der Waals surface area (Å²) in [6, 6.07) is 4.53. The fraction of sp³-hybridized carbons (Fsp3) is 0.588. The van der Waals surface area contributed by atoms with Crippen LogP contribution in [0.4, 0.5) is 4.39 Å². The topological polar surface area (TPSA) is 29.1 Å². The molecule has 0 aliphatic heterocycles. The summed E-state index contributed by atoms with van der Waals surface area (Å²) in [7, 11) is 0. The predicted octanol–water partition coefficient (Wildman–Crippen LogP) is 4.92. The standard InChI is InChI=1S/C17H23BrFNO/c1-16(2)8-12(9-17(3,4)10-16)20-15(21)13-7-11(18)5-6-14(13)19/h5-7,12H,8-10H2,1-4H3,(H,20,21). The first-order chi connectivity index (χ1) is 9.58. The summed E-state index contributed by atoms with van der Waals surface area (Å²) in [4.78, 5) is 12.3. The maximum atomic E-state index is 13.8. The molecule has 1 saturated carbocycles. The van der Waals surface area contributed by atoms with Crippen LogP contribution >= 0.6 is 15.9 Å². The van der Waals surface area contributed by atoms with Crippen molar-refractivity contribution in [3.8, 4) is 0 Å². The predicted molar refractivity (Wildman–Crippen MR) is 86.8 cm³/mol. The minimum absolute atomic E-state index is 0.0923. The Bertz CT molecular complexity index is 538. The van der Waals surface area contributed by atoms with Crippen LogP contribution in [-0.4, -0.2) is 11.9 Å². The molecule has 1 aromatic carbocycles. The Labute approximate surface area is 134 Å². The van der Waals surface area contributed by atoms with Crippen LogP contribution in [0.3, 0.4) is 0 Å². The van der Waals surface area contributed by atoms with Gasteiger partial charge in [-0.2, -0.15) is 0 Å². The fourth-order valence-electron chi connectivity index (χ4n) is 3.88. The Morgan fingerprint density at radius 2 is 1.81 bits per heavy atom. The van der Waals surface area contributed by atoms with Crippen molar-refractivity contribution in [1.82, 2.24) is 5.32 Å². The molecular weight excluding hydrogens is 333 g/mol. The SMILES string of the molecule is CC1(C)CC(NC(=O)c2cc(Br)ccc2F)CC(C)(C)C1. The second-order valence-corrected chi connectivity index (χ2v) is 8.62. The van der Waals surface area contributed by atoms with E-state index in [-0.39, 0.29) is 28.3 Å². The molecule has 0 bridgehead atoms. The van der Waals surface area contributed by atoms with E-state index in [9.17, 15) is 9.18 Å². The molecule has 1 aliphatic rings.